The first-order valence-electron chi connectivity index (χ1n) is 10.00. The first kappa shape index (κ1) is 20.9. The van der Waals surface area contributed by atoms with E-state index in [1.165, 1.54) is 0 Å². The number of rotatable bonds is 8. The third-order valence-corrected chi connectivity index (χ3v) is 5.04. The number of hydrogen-bond donors (Lipinski definition) is 2. The molecule has 0 saturated heterocycles. The number of carbonyl (C=O) groups excluding carboxylic acids is 2. The molecule has 2 atom stereocenters. The van der Waals surface area contributed by atoms with Gasteiger partial charge in [-0.2, -0.15) is 0 Å². The first-order valence-corrected chi connectivity index (χ1v) is 10.00. The van der Waals surface area contributed by atoms with E-state index in [1.54, 1.807) is 36.8 Å². The lowest BCUT2D eigenvalue weighted by molar-refractivity contribution is -0.136. The second-order valence-electron chi connectivity index (χ2n) is 7.57. The van der Waals surface area contributed by atoms with E-state index in [1.807, 2.05) is 24.9 Å². The molecule has 8 heteroatoms. The topological polar surface area (TPSA) is 88.5 Å². The molecule has 1 aromatic heterocycles. The van der Waals surface area contributed by atoms with Gasteiger partial charge in [0.1, 0.15) is 5.75 Å². The SMILES string of the molecule is CN(C)CCCOc1ccc(NC(=O)C(=O)NC2CCCC2n2ccnc2)cc1. The van der Waals surface area contributed by atoms with Crippen molar-refractivity contribution in [2.45, 2.75) is 37.8 Å². The monoisotopic (exact) mass is 399 g/mol. The van der Waals surface area contributed by atoms with Crippen molar-refractivity contribution in [2.75, 3.05) is 32.6 Å². The fourth-order valence-corrected chi connectivity index (χ4v) is 3.56. The maximum absolute atomic E-state index is 12.3. The molecule has 0 spiro atoms. The Bertz CT molecular complexity index is 789. The van der Waals surface area contributed by atoms with Gasteiger partial charge in [0.2, 0.25) is 0 Å². The van der Waals surface area contributed by atoms with Gasteiger partial charge in [-0.1, -0.05) is 0 Å². The number of imidazole rings is 1. The molecule has 1 aliphatic rings. The number of ether oxygens (including phenoxy) is 1. The van der Waals surface area contributed by atoms with E-state index in [4.69, 9.17) is 4.74 Å². The van der Waals surface area contributed by atoms with Gasteiger partial charge in [0.05, 0.1) is 25.0 Å². The van der Waals surface area contributed by atoms with Crippen LogP contribution in [0, 0.1) is 0 Å². The van der Waals surface area contributed by atoms with E-state index >= 15 is 0 Å². The zero-order valence-electron chi connectivity index (χ0n) is 17.0. The highest BCUT2D eigenvalue weighted by molar-refractivity contribution is 6.39. The van der Waals surface area contributed by atoms with E-state index in [-0.39, 0.29) is 12.1 Å². The minimum Gasteiger partial charge on any atom is -0.494 e. The van der Waals surface area contributed by atoms with Crippen molar-refractivity contribution < 1.29 is 14.3 Å². The zero-order valence-corrected chi connectivity index (χ0v) is 17.0. The molecule has 1 aromatic carbocycles. The van der Waals surface area contributed by atoms with E-state index in [9.17, 15) is 9.59 Å². The van der Waals surface area contributed by atoms with Crippen LogP contribution in [0.2, 0.25) is 0 Å². The van der Waals surface area contributed by atoms with Gasteiger partial charge in [0.15, 0.2) is 0 Å². The van der Waals surface area contributed by atoms with Crippen LogP contribution in [0.1, 0.15) is 31.7 Å². The summed E-state index contributed by atoms with van der Waals surface area (Å²) in [4.78, 5) is 30.8. The third kappa shape index (κ3) is 6.05. The Balaban J connectivity index is 1.46. The van der Waals surface area contributed by atoms with Crippen molar-refractivity contribution in [1.82, 2.24) is 19.8 Å². The summed E-state index contributed by atoms with van der Waals surface area (Å²) >= 11 is 0. The lowest BCUT2D eigenvalue weighted by atomic mass is 10.1. The molecule has 2 N–H and O–H groups in total. The Kier molecular flexibility index (Phi) is 7.24. The van der Waals surface area contributed by atoms with Gasteiger partial charge < -0.3 is 24.8 Å². The van der Waals surface area contributed by atoms with E-state index in [0.29, 0.717) is 12.3 Å². The minimum absolute atomic E-state index is 0.0691. The van der Waals surface area contributed by atoms with Crippen molar-refractivity contribution in [2.24, 2.45) is 0 Å². The number of nitrogens with zero attached hydrogens (tertiary/aromatic N) is 3. The van der Waals surface area contributed by atoms with Crippen LogP contribution in [-0.4, -0.2) is 59.6 Å². The second-order valence-corrected chi connectivity index (χ2v) is 7.57. The Morgan fingerprint density at radius 2 is 2.00 bits per heavy atom. The predicted molar refractivity (Wildman–Crippen MR) is 111 cm³/mol. The molecule has 8 nitrogen and oxygen atoms in total. The summed E-state index contributed by atoms with van der Waals surface area (Å²) in [5.74, 6) is -0.549. The van der Waals surface area contributed by atoms with Gasteiger partial charge in [-0.25, -0.2) is 4.98 Å². The Morgan fingerprint density at radius 3 is 2.69 bits per heavy atom. The number of carbonyl (C=O) groups is 2. The van der Waals surface area contributed by atoms with Crippen LogP contribution in [0.5, 0.6) is 5.75 Å². The van der Waals surface area contributed by atoms with Gasteiger partial charge in [-0.15, -0.1) is 0 Å². The lowest BCUT2D eigenvalue weighted by Gasteiger charge is -2.21. The normalized spacial score (nSPS) is 18.6. The highest BCUT2D eigenvalue weighted by Crippen LogP contribution is 2.29. The van der Waals surface area contributed by atoms with E-state index < -0.39 is 11.8 Å². The van der Waals surface area contributed by atoms with E-state index in [2.05, 4.69) is 20.5 Å². The summed E-state index contributed by atoms with van der Waals surface area (Å²) in [5.41, 5.74) is 0.559. The second kappa shape index (κ2) is 10.1. The third-order valence-electron chi connectivity index (χ3n) is 5.04. The zero-order chi connectivity index (χ0) is 20.6. The van der Waals surface area contributed by atoms with Gasteiger partial charge in [0.25, 0.3) is 0 Å². The highest BCUT2D eigenvalue weighted by atomic mass is 16.5. The molecular weight excluding hydrogens is 370 g/mol. The molecule has 156 valence electrons. The summed E-state index contributed by atoms with van der Waals surface area (Å²) in [6, 6.07) is 7.11. The van der Waals surface area contributed by atoms with Gasteiger partial charge in [-0.05, 0) is 64.0 Å². The molecule has 3 rings (SSSR count). The van der Waals surface area contributed by atoms with Gasteiger partial charge >= 0.3 is 11.8 Å². The molecule has 0 aliphatic heterocycles. The van der Waals surface area contributed by atoms with Crippen LogP contribution in [0.4, 0.5) is 5.69 Å². The quantitative estimate of drug-likeness (QED) is 0.524. The molecule has 1 fully saturated rings. The Hall–Kier alpha value is -2.87. The number of hydrogen-bond acceptors (Lipinski definition) is 5. The number of amides is 2. The van der Waals surface area contributed by atoms with Crippen molar-refractivity contribution in [3.8, 4) is 5.75 Å². The largest absolute Gasteiger partial charge is 0.494 e. The number of benzene rings is 1. The van der Waals surface area contributed by atoms with Crippen LogP contribution in [0.15, 0.2) is 43.0 Å². The molecule has 0 bridgehead atoms. The highest BCUT2D eigenvalue weighted by Gasteiger charge is 2.31. The van der Waals surface area contributed by atoms with Crippen molar-refractivity contribution in [3.63, 3.8) is 0 Å². The van der Waals surface area contributed by atoms with Crippen LogP contribution in [0.25, 0.3) is 0 Å². The van der Waals surface area contributed by atoms with Crippen LogP contribution in [-0.2, 0) is 9.59 Å². The average Bonchev–Trinajstić information content (AvgIpc) is 3.37. The van der Waals surface area contributed by atoms with Crippen LogP contribution in [0.3, 0.4) is 0 Å². The molecule has 1 saturated carbocycles. The fourth-order valence-electron chi connectivity index (χ4n) is 3.56. The molecule has 2 amide bonds. The smallest absolute Gasteiger partial charge is 0.313 e. The maximum Gasteiger partial charge on any atom is 0.313 e. The number of aromatic nitrogens is 2. The van der Waals surface area contributed by atoms with Gasteiger partial charge in [0, 0.05) is 24.6 Å². The standard InChI is InChI=1S/C21H29N5O3/c1-25(2)12-4-14-29-17-9-7-16(8-10-17)23-20(27)21(28)24-18-5-3-6-19(18)26-13-11-22-15-26/h7-11,13,15,18-19H,3-6,12,14H2,1-2H3,(H,23,27)(H,24,28). The molecule has 0 radical (unpaired) electrons. The predicted octanol–water partition coefficient (Wildman–Crippen LogP) is 2.06. The molecular formula is C21H29N5O3. The molecule has 2 unspecified atom stereocenters. The molecule has 2 aromatic rings. The van der Waals surface area contributed by atoms with Crippen LogP contribution < -0.4 is 15.4 Å². The summed E-state index contributed by atoms with van der Waals surface area (Å²) in [7, 11) is 4.05. The number of nitrogens with one attached hydrogen (secondary N) is 2. The van der Waals surface area contributed by atoms with Crippen LogP contribution >= 0.6 is 0 Å². The molecule has 1 aliphatic carbocycles. The Labute approximate surface area is 171 Å². The Morgan fingerprint density at radius 1 is 1.21 bits per heavy atom. The van der Waals surface area contributed by atoms with Gasteiger partial charge in [-0.3, -0.25) is 9.59 Å². The summed E-state index contributed by atoms with van der Waals surface area (Å²) in [5, 5.41) is 5.51. The van der Waals surface area contributed by atoms with E-state index in [0.717, 1.165) is 38.0 Å². The summed E-state index contributed by atoms with van der Waals surface area (Å²) in [6.07, 6.45) is 9.11. The van der Waals surface area contributed by atoms with Crippen molar-refractivity contribution >= 4 is 17.5 Å². The fraction of sp³-hybridized carbons (Fsp3) is 0.476. The lowest BCUT2D eigenvalue weighted by Crippen LogP contribution is -2.43. The number of anilines is 1. The summed E-state index contributed by atoms with van der Waals surface area (Å²) < 4.78 is 7.67. The van der Waals surface area contributed by atoms with Crippen molar-refractivity contribution in [3.05, 3.63) is 43.0 Å². The molecule has 29 heavy (non-hydrogen) atoms. The maximum atomic E-state index is 12.3. The molecule has 1 heterocycles. The summed E-state index contributed by atoms with van der Waals surface area (Å²) in [6.45, 7) is 1.59. The first-order chi connectivity index (χ1) is 14.0. The average molecular weight is 399 g/mol. The van der Waals surface area contributed by atoms with Crippen molar-refractivity contribution in [1.29, 1.82) is 0 Å². The minimum atomic E-state index is -0.666.